The molecule has 116 valence electrons. The van der Waals surface area contributed by atoms with E-state index in [1.165, 1.54) is 6.07 Å². The van der Waals surface area contributed by atoms with Crippen LogP contribution in [0.15, 0.2) is 23.1 Å². The van der Waals surface area contributed by atoms with Crippen LogP contribution in [0, 0.1) is 0 Å². The molecule has 0 radical (unpaired) electrons. The smallest absolute Gasteiger partial charge is 0.324 e. The molecular formula is C14H19NO5S. The normalized spacial score (nSPS) is 14.6. The molecule has 2 rings (SSSR count). The van der Waals surface area contributed by atoms with E-state index in [4.69, 9.17) is 4.74 Å². The topological polar surface area (TPSA) is 92.7 Å². The third kappa shape index (κ3) is 2.89. The van der Waals surface area contributed by atoms with Crippen molar-refractivity contribution in [1.29, 1.82) is 0 Å². The van der Waals surface area contributed by atoms with Gasteiger partial charge in [-0.15, -0.1) is 0 Å². The fraction of sp³-hybridized carbons (Fsp3) is 0.500. The summed E-state index contributed by atoms with van der Waals surface area (Å²) < 4.78 is 32.6. The van der Waals surface area contributed by atoms with Crippen LogP contribution in [0.4, 0.5) is 0 Å². The number of carboxylic acids is 1. The van der Waals surface area contributed by atoms with E-state index < -0.39 is 21.5 Å². The van der Waals surface area contributed by atoms with Crippen molar-refractivity contribution < 1.29 is 23.1 Å². The molecule has 0 bridgehead atoms. The second-order valence-electron chi connectivity index (χ2n) is 5.07. The Morgan fingerprint density at radius 1 is 1.38 bits per heavy atom. The lowest BCUT2D eigenvalue weighted by Gasteiger charge is -2.27. The van der Waals surface area contributed by atoms with E-state index in [9.17, 15) is 18.3 Å². The standard InChI is InChI=1S/C14H19NO5S/c1-3-14(4-2,13(16)17)15-21(18,19)11-5-6-12-10(9-11)7-8-20-12/h5-6,9,15H,3-4,7-8H2,1-2H3,(H,16,17). The monoisotopic (exact) mass is 313 g/mol. The van der Waals surface area contributed by atoms with Gasteiger partial charge >= 0.3 is 5.97 Å². The highest BCUT2D eigenvalue weighted by Crippen LogP contribution is 2.28. The van der Waals surface area contributed by atoms with Crippen LogP contribution in [-0.4, -0.2) is 31.6 Å². The number of fused-ring (bicyclic) bond motifs is 1. The first kappa shape index (κ1) is 15.8. The molecule has 1 aromatic rings. The van der Waals surface area contributed by atoms with Gasteiger partial charge < -0.3 is 9.84 Å². The van der Waals surface area contributed by atoms with E-state index in [1.807, 2.05) is 0 Å². The number of hydrogen-bond donors (Lipinski definition) is 2. The Bertz CT molecular complexity index is 649. The summed E-state index contributed by atoms with van der Waals surface area (Å²) in [5.74, 6) is -0.481. The van der Waals surface area contributed by atoms with Gasteiger partial charge in [0.2, 0.25) is 10.0 Å². The van der Waals surface area contributed by atoms with E-state index in [0.717, 1.165) is 5.56 Å². The van der Waals surface area contributed by atoms with Crippen LogP contribution in [0.1, 0.15) is 32.3 Å². The summed E-state index contributed by atoms with van der Waals surface area (Å²) >= 11 is 0. The molecule has 0 aromatic heterocycles. The average Bonchev–Trinajstić information content (AvgIpc) is 2.91. The van der Waals surface area contributed by atoms with Gasteiger partial charge in [-0.2, -0.15) is 4.72 Å². The number of carboxylic acid groups (broad SMARTS) is 1. The van der Waals surface area contributed by atoms with Crippen LogP contribution >= 0.6 is 0 Å². The Hall–Kier alpha value is -1.60. The van der Waals surface area contributed by atoms with Gasteiger partial charge in [0, 0.05) is 6.42 Å². The van der Waals surface area contributed by atoms with Gasteiger partial charge in [-0.3, -0.25) is 4.79 Å². The molecule has 0 atom stereocenters. The molecule has 1 aliphatic heterocycles. The second kappa shape index (κ2) is 5.65. The van der Waals surface area contributed by atoms with Crippen LogP contribution in [0.5, 0.6) is 5.75 Å². The zero-order valence-electron chi connectivity index (χ0n) is 12.0. The molecule has 1 heterocycles. The lowest BCUT2D eigenvalue weighted by molar-refractivity contribution is -0.144. The molecule has 6 nitrogen and oxygen atoms in total. The summed E-state index contributed by atoms with van der Waals surface area (Å²) in [6.45, 7) is 3.84. The number of sulfonamides is 1. The minimum absolute atomic E-state index is 0.0688. The van der Waals surface area contributed by atoms with Crippen LogP contribution in [0.3, 0.4) is 0 Å². The molecule has 1 aliphatic rings. The van der Waals surface area contributed by atoms with Gasteiger partial charge in [0.25, 0.3) is 0 Å². The highest BCUT2D eigenvalue weighted by molar-refractivity contribution is 7.89. The Morgan fingerprint density at radius 3 is 2.62 bits per heavy atom. The van der Waals surface area contributed by atoms with Crippen molar-refractivity contribution in [2.75, 3.05) is 6.61 Å². The first-order valence-electron chi connectivity index (χ1n) is 6.88. The quantitative estimate of drug-likeness (QED) is 0.831. The highest BCUT2D eigenvalue weighted by atomic mass is 32.2. The van der Waals surface area contributed by atoms with Crippen LogP contribution in [0.25, 0.3) is 0 Å². The summed E-state index contributed by atoms with van der Waals surface area (Å²) in [7, 11) is -3.90. The van der Waals surface area contributed by atoms with E-state index in [-0.39, 0.29) is 17.7 Å². The zero-order chi connectivity index (χ0) is 15.7. The molecular weight excluding hydrogens is 294 g/mol. The second-order valence-corrected chi connectivity index (χ2v) is 6.75. The molecule has 0 saturated carbocycles. The first-order valence-corrected chi connectivity index (χ1v) is 8.36. The third-order valence-electron chi connectivity index (χ3n) is 3.92. The SMILES string of the molecule is CCC(CC)(NS(=O)(=O)c1ccc2c(c1)CCO2)C(=O)O. The number of benzene rings is 1. The Kier molecular flexibility index (Phi) is 4.25. The molecule has 21 heavy (non-hydrogen) atoms. The molecule has 7 heteroatoms. The Balaban J connectivity index is 2.36. The van der Waals surface area contributed by atoms with E-state index in [1.54, 1.807) is 26.0 Å². The van der Waals surface area contributed by atoms with Crippen molar-refractivity contribution in [3.05, 3.63) is 23.8 Å². The fourth-order valence-electron chi connectivity index (χ4n) is 2.39. The zero-order valence-corrected chi connectivity index (χ0v) is 12.9. The Labute approximate surface area is 124 Å². The van der Waals surface area contributed by atoms with Crippen molar-refractivity contribution in [1.82, 2.24) is 4.72 Å². The highest BCUT2D eigenvalue weighted by Gasteiger charge is 2.39. The molecule has 0 spiro atoms. The average molecular weight is 313 g/mol. The van der Waals surface area contributed by atoms with Gasteiger partial charge in [-0.1, -0.05) is 13.8 Å². The molecule has 0 aliphatic carbocycles. The van der Waals surface area contributed by atoms with E-state index in [0.29, 0.717) is 18.8 Å². The minimum Gasteiger partial charge on any atom is -0.493 e. The maximum Gasteiger partial charge on any atom is 0.324 e. The number of aliphatic carboxylic acids is 1. The Morgan fingerprint density at radius 2 is 2.05 bits per heavy atom. The predicted molar refractivity (Wildman–Crippen MR) is 76.9 cm³/mol. The number of nitrogens with one attached hydrogen (secondary N) is 1. The lowest BCUT2D eigenvalue weighted by Crippen LogP contribution is -2.53. The summed E-state index contributed by atoms with van der Waals surface area (Å²) in [5, 5.41) is 9.34. The van der Waals surface area contributed by atoms with Crippen molar-refractivity contribution in [2.24, 2.45) is 0 Å². The maximum atomic E-state index is 12.5. The molecule has 0 unspecified atom stereocenters. The summed E-state index contributed by atoms with van der Waals surface area (Å²) in [6.07, 6.45) is 1.00. The maximum absolute atomic E-state index is 12.5. The van der Waals surface area contributed by atoms with Crippen LogP contribution in [-0.2, 0) is 21.2 Å². The summed E-state index contributed by atoms with van der Waals surface area (Å²) in [5.41, 5.74) is -0.652. The predicted octanol–water partition coefficient (Wildman–Crippen LogP) is 1.54. The molecule has 1 aromatic carbocycles. The fourth-order valence-corrected chi connectivity index (χ4v) is 3.94. The number of rotatable bonds is 6. The summed E-state index contributed by atoms with van der Waals surface area (Å²) in [4.78, 5) is 11.5. The van der Waals surface area contributed by atoms with Crippen LogP contribution < -0.4 is 9.46 Å². The van der Waals surface area contributed by atoms with Gasteiger partial charge in [-0.05, 0) is 36.6 Å². The van der Waals surface area contributed by atoms with Crippen LogP contribution in [0.2, 0.25) is 0 Å². The van der Waals surface area contributed by atoms with Crippen molar-refractivity contribution in [3.8, 4) is 5.75 Å². The summed E-state index contributed by atoms with van der Waals surface area (Å²) in [6, 6.07) is 4.59. The van der Waals surface area contributed by atoms with Gasteiger partial charge in [0.15, 0.2) is 0 Å². The van der Waals surface area contributed by atoms with Gasteiger partial charge in [-0.25, -0.2) is 8.42 Å². The lowest BCUT2D eigenvalue weighted by atomic mass is 9.95. The molecule has 0 fully saturated rings. The van der Waals surface area contributed by atoms with Gasteiger partial charge in [0.1, 0.15) is 11.3 Å². The van der Waals surface area contributed by atoms with Gasteiger partial charge in [0.05, 0.1) is 11.5 Å². The largest absolute Gasteiger partial charge is 0.493 e. The number of hydrogen-bond acceptors (Lipinski definition) is 4. The first-order chi connectivity index (χ1) is 9.84. The van der Waals surface area contributed by atoms with E-state index in [2.05, 4.69) is 4.72 Å². The molecule has 0 amide bonds. The third-order valence-corrected chi connectivity index (χ3v) is 5.45. The van der Waals surface area contributed by atoms with E-state index >= 15 is 0 Å². The number of carbonyl (C=O) groups is 1. The number of ether oxygens (including phenoxy) is 1. The minimum atomic E-state index is -3.90. The van der Waals surface area contributed by atoms with Crippen molar-refractivity contribution in [3.63, 3.8) is 0 Å². The van der Waals surface area contributed by atoms with Crippen molar-refractivity contribution >= 4 is 16.0 Å². The molecule has 0 saturated heterocycles. The molecule has 2 N–H and O–H groups in total. The van der Waals surface area contributed by atoms with Crippen molar-refractivity contribution in [2.45, 2.75) is 43.5 Å².